The van der Waals surface area contributed by atoms with Crippen molar-refractivity contribution in [1.29, 1.82) is 0 Å². The molecule has 4 nitrogen and oxygen atoms in total. The molecule has 0 aliphatic heterocycles. The van der Waals surface area contributed by atoms with Crippen LogP contribution in [0.3, 0.4) is 0 Å². The number of carbonyl (C=O) groups excluding carboxylic acids is 1. The Balaban J connectivity index is 3.41. The maximum absolute atomic E-state index is 11.1. The molecular weight excluding hydrogens is 180 g/mol. The summed E-state index contributed by atoms with van der Waals surface area (Å²) in [6.07, 6.45) is 1.39. The predicted molar refractivity (Wildman–Crippen MR) is 57.3 cm³/mol. The third-order valence-electron chi connectivity index (χ3n) is 1.26. The lowest BCUT2D eigenvalue weighted by atomic mass is 10.2. The molecule has 0 spiro atoms. The van der Waals surface area contributed by atoms with Gasteiger partial charge in [0.05, 0.1) is 0 Å². The van der Waals surface area contributed by atoms with E-state index in [-0.39, 0.29) is 6.09 Å². The van der Waals surface area contributed by atoms with E-state index < -0.39 is 5.60 Å². The standard InChI is InChI=1S/C10H20N2O2/c1-5-6-11-7-8-12-9(13)14-10(2,3)4/h5,11H,1,6-8H2,2-4H3,(H,12,13). The van der Waals surface area contributed by atoms with Gasteiger partial charge in [-0.25, -0.2) is 4.79 Å². The largest absolute Gasteiger partial charge is 0.444 e. The second-order valence-electron chi connectivity index (χ2n) is 3.92. The van der Waals surface area contributed by atoms with Gasteiger partial charge in [-0.2, -0.15) is 0 Å². The van der Waals surface area contributed by atoms with Gasteiger partial charge in [-0.1, -0.05) is 6.08 Å². The summed E-state index contributed by atoms with van der Waals surface area (Å²) in [5.74, 6) is 0. The highest BCUT2D eigenvalue weighted by atomic mass is 16.6. The molecule has 82 valence electrons. The van der Waals surface area contributed by atoms with E-state index in [0.29, 0.717) is 13.1 Å². The van der Waals surface area contributed by atoms with Crippen LogP contribution in [0.25, 0.3) is 0 Å². The molecule has 0 aliphatic rings. The summed E-state index contributed by atoms with van der Waals surface area (Å²) in [5.41, 5.74) is -0.432. The Hall–Kier alpha value is -1.03. The SMILES string of the molecule is C=CCNCCNC(=O)OC(C)(C)C. The monoisotopic (exact) mass is 200 g/mol. The van der Waals surface area contributed by atoms with Gasteiger partial charge in [-0.05, 0) is 20.8 Å². The third-order valence-corrected chi connectivity index (χ3v) is 1.26. The summed E-state index contributed by atoms with van der Waals surface area (Å²) in [4.78, 5) is 11.1. The molecule has 0 fully saturated rings. The average molecular weight is 200 g/mol. The highest BCUT2D eigenvalue weighted by molar-refractivity contribution is 5.67. The zero-order chi connectivity index (χ0) is 11.0. The van der Waals surface area contributed by atoms with Crippen LogP contribution in [0.4, 0.5) is 4.79 Å². The van der Waals surface area contributed by atoms with E-state index in [2.05, 4.69) is 17.2 Å². The lowest BCUT2D eigenvalue weighted by Crippen LogP contribution is -2.36. The van der Waals surface area contributed by atoms with Crippen molar-refractivity contribution >= 4 is 6.09 Å². The minimum atomic E-state index is -0.432. The van der Waals surface area contributed by atoms with Crippen LogP contribution >= 0.6 is 0 Å². The van der Waals surface area contributed by atoms with Crippen LogP contribution in [-0.4, -0.2) is 31.3 Å². The number of alkyl carbamates (subject to hydrolysis) is 1. The molecule has 0 atom stereocenters. The number of amides is 1. The molecular formula is C10H20N2O2. The number of rotatable bonds is 5. The molecule has 2 N–H and O–H groups in total. The Kier molecular flexibility index (Phi) is 5.95. The van der Waals surface area contributed by atoms with Crippen LogP contribution in [0, 0.1) is 0 Å². The Bertz CT molecular complexity index is 185. The molecule has 0 radical (unpaired) electrons. The second kappa shape index (κ2) is 6.43. The molecule has 0 bridgehead atoms. The lowest BCUT2D eigenvalue weighted by molar-refractivity contribution is 0.0528. The van der Waals surface area contributed by atoms with E-state index in [1.807, 2.05) is 20.8 Å². The number of carbonyl (C=O) groups is 1. The highest BCUT2D eigenvalue weighted by Gasteiger charge is 2.15. The predicted octanol–water partition coefficient (Wildman–Crippen LogP) is 1.29. The van der Waals surface area contributed by atoms with Crippen molar-refractivity contribution in [3.05, 3.63) is 12.7 Å². The quantitative estimate of drug-likeness (QED) is 0.519. The summed E-state index contributed by atoms with van der Waals surface area (Å²) in [5, 5.41) is 5.71. The van der Waals surface area contributed by atoms with Crippen LogP contribution < -0.4 is 10.6 Å². The Labute approximate surface area is 85.7 Å². The maximum Gasteiger partial charge on any atom is 0.407 e. The zero-order valence-electron chi connectivity index (χ0n) is 9.22. The maximum atomic E-state index is 11.1. The Morgan fingerprint density at radius 3 is 2.57 bits per heavy atom. The van der Waals surface area contributed by atoms with Gasteiger partial charge in [-0.15, -0.1) is 6.58 Å². The summed E-state index contributed by atoms with van der Waals surface area (Å²) in [7, 11) is 0. The fourth-order valence-electron chi connectivity index (χ4n) is 0.771. The molecule has 0 heterocycles. The highest BCUT2D eigenvalue weighted by Crippen LogP contribution is 2.05. The smallest absolute Gasteiger partial charge is 0.407 e. The molecule has 0 unspecified atom stereocenters. The fourth-order valence-corrected chi connectivity index (χ4v) is 0.771. The molecule has 14 heavy (non-hydrogen) atoms. The summed E-state index contributed by atoms with van der Waals surface area (Å²) < 4.78 is 5.05. The Morgan fingerprint density at radius 2 is 2.07 bits per heavy atom. The van der Waals surface area contributed by atoms with Crippen LogP contribution in [0.5, 0.6) is 0 Å². The van der Waals surface area contributed by atoms with Crippen molar-refractivity contribution in [2.45, 2.75) is 26.4 Å². The molecule has 4 heteroatoms. The molecule has 0 aliphatic carbocycles. The van der Waals surface area contributed by atoms with E-state index in [1.54, 1.807) is 6.08 Å². The topological polar surface area (TPSA) is 50.4 Å². The van der Waals surface area contributed by atoms with Crippen LogP contribution in [0.2, 0.25) is 0 Å². The minimum absolute atomic E-state index is 0.377. The van der Waals surface area contributed by atoms with Gasteiger partial charge in [0.15, 0.2) is 0 Å². The first kappa shape index (κ1) is 13.0. The summed E-state index contributed by atoms with van der Waals surface area (Å²) in [6.45, 7) is 11.1. The summed E-state index contributed by atoms with van der Waals surface area (Å²) in [6, 6.07) is 0. The second-order valence-corrected chi connectivity index (χ2v) is 3.92. The fraction of sp³-hybridized carbons (Fsp3) is 0.700. The van der Waals surface area contributed by atoms with Gasteiger partial charge in [0, 0.05) is 19.6 Å². The van der Waals surface area contributed by atoms with Gasteiger partial charge in [0.25, 0.3) is 0 Å². The average Bonchev–Trinajstić information content (AvgIpc) is 2.00. The number of ether oxygens (including phenoxy) is 1. The van der Waals surface area contributed by atoms with Gasteiger partial charge in [-0.3, -0.25) is 0 Å². The van der Waals surface area contributed by atoms with Gasteiger partial charge in [0.1, 0.15) is 5.60 Å². The van der Waals surface area contributed by atoms with E-state index in [4.69, 9.17) is 4.74 Å². The van der Waals surface area contributed by atoms with Crippen molar-refractivity contribution in [2.75, 3.05) is 19.6 Å². The molecule has 0 saturated carbocycles. The van der Waals surface area contributed by atoms with Gasteiger partial charge >= 0.3 is 6.09 Å². The van der Waals surface area contributed by atoms with Crippen LogP contribution in [-0.2, 0) is 4.74 Å². The summed E-state index contributed by atoms with van der Waals surface area (Å²) >= 11 is 0. The minimum Gasteiger partial charge on any atom is -0.444 e. The first-order valence-electron chi connectivity index (χ1n) is 4.74. The lowest BCUT2D eigenvalue weighted by Gasteiger charge is -2.19. The third kappa shape index (κ3) is 9.06. The molecule has 1 amide bonds. The number of hydrogen-bond acceptors (Lipinski definition) is 3. The van der Waals surface area contributed by atoms with E-state index >= 15 is 0 Å². The van der Waals surface area contributed by atoms with Crippen molar-refractivity contribution < 1.29 is 9.53 Å². The first-order chi connectivity index (χ1) is 6.45. The zero-order valence-corrected chi connectivity index (χ0v) is 9.22. The van der Waals surface area contributed by atoms with Crippen molar-refractivity contribution in [2.24, 2.45) is 0 Å². The van der Waals surface area contributed by atoms with Gasteiger partial charge in [0.2, 0.25) is 0 Å². The molecule has 0 saturated heterocycles. The van der Waals surface area contributed by atoms with Crippen LogP contribution in [0.15, 0.2) is 12.7 Å². The normalized spacial score (nSPS) is 10.8. The van der Waals surface area contributed by atoms with Crippen molar-refractivity contribution in [1.82, 2.24) is 10.6 Å². The van der Waals surface area contributed by atoms with Gasteiger partial charge < -0.3 is 15.4 Å². The molecule has 0 aromatic heterocycles. The molecule has 0 aromatic rings. The number of hydrogen-bond donors (Lipinski definition) is 2. The van der Waals surface area contributed by atoms with E-state index in [9.17, 15) is 4.79 Å². The van der Waals surface area contributed by atoms with E-state index in [0.717, 1.165) is 6.54 Å². The Morgan fingerprint density at radius 1 is 1.43 bits per heavy atom. The van der Waals surface area contributed by atoms with E-state index in [1.165, 1.54) is 0 Å². The van der Waals surface area contributed by atoms with Crippen LogP contribution in [0.1, 0.15) is 20.8 Å². The van der Waals surface area contributed by atoms with Crippen molar-refractivity contribution in [3.63, 3.8) is 0 Å². The molecule has 0 rings (SSSR count). The molecule has 0 aromatic carbocycles. The van der Waals surface area contributed by atoms with Crippen molar-refractivity contribution in [3.8, 4) is 0 Å². The number of nitrogens with one attached hydrogen (secondary N) is 2. The first-order valence-corrected chi connectivity index (χ1v) is 4.74.